The molecule has 27 heavy (non-hydrogen) atoms. The lowest BCUT2D eigenvalue weighted by Crippen LogP contribution is -2.21. The number of nitrogens with two attached hydrogens (primary N) is 1. The van der Waals surface area contributed by atoms with Crippen LogP contribution in [0.2, 0.25) is 0 Å². The third-order valence-corrected chi connectivity index (χ3v) is 4.32. The van der Waals surface area contributed by atoms with E-state index in [1.165, 1.54) is 0 Å². The smallest absolute Gasteiger partial charge is 0.412 e. The summed E-state index contributed by atoms with van der Waals surface area (Å²) in [5, 5.41) is 8.17. The Morgan fingerprint density at radius 3 is 2.93 bits per heavy atom. The second-order valence-corrected chi connectivity index (χ2v) is 6.07. The molecule has 1 aliphatic rings. The number of benzene rings is 2. The molecule has 0 bridgehead atoms. The van der Waals surface area contributed by atoms with Gasteiger partial charge in [-0.15, -0.1) is 0 Å². The molecular formula is C20H19N5O2. The second-order valence-electron chi connectivity index (χ2n) is 6.07. The summed E-state index contributed by atoms with van der Waals surface area (Å²) in [5.74, 6) is 0.560. The lowest BCUT2D eigenvalue weighted by atomic mass is 10.00. The van der Waals surface area contributed by atoms with E-state index in [9.17, 15) is 4.79 Å². The second kappa shape index (κ2) is 6.95. The van der Waals surface area contributed by atoms with Gasteiger partial charge in [0.1, 0.15) is 11.5 Å². The Labute approximate surface area is 156 Å². The number of anilines is 3. The summed E-state index contributed by atoms with van der Waals surface area (Å²) >= 11 is 0. The number of nitrogens with one attached hydrogen (secondary N) is 2. The third kappa shape index (κ3) is 3.27. The Morgan fingerprint density at radius 1 is 1.26 bits per heavy atom. The molecule has 0 spiro atoms. The van der Waals surface area contributed by atoms with Crippen LogP contribution >= 0.6 is 0 Å². The first kappa shape index (κ1) is 16.8. The van der Waals surface area contributed by atoms with Crippen LogP contribution < -0.4 is 16.4 Å². The predicted octanol–water partition coefficient (Wildman–Crippen LogP) is 3.93. The zero-order chi connectivity index (χ0) is 18.8. The fraction of sp³-hybridized carbons (Fsp3) is 0.150. The fourth-order valence-electron chi connectivity index (χ4n) is 3.13. The summed E-state index contributed by atoms with van der Waals surface area (Å²) in [6.07, 6.45) is -0.569. The number of nitrogens with zero attached hydrogens (tertiary/aromatic N) is 2. The highest BCUT2D eigenvalue weighted by Crippen LogP contribution is 2.36. The molecule has 3 aromatic rings. The summed E-state index contributed by atoms with van der Waals surface area (Å²) in [5.41, 5.74) is 9.33. The van der Waals surface area contributed by atoms with Crippen molar-refractivity contribution in [3.8, 4) is 0 Å². The van der Waals surface area contributed by atoms with Gasteiger partial charge in [-0.3, -0.25) is 5.32 Å². The third-order valence-electron chi connectivity index (χ3n) is 4.32. The molecule has 0 radical (unpaired) electrons. The van der Waals surface area contributed by atoms with E-state index in [0.29, 0.717) is 18.1 Å². The minimum absolute atomic E-state index is 0.240. The highest BCUT2D eigenvalue weighted by molar-refractivity contribution is 6.15. The van der Waals surface area contributed by atoms with Gasteiger partial charge < -0.3 is 15.8 Å². The predicted molar refractivity (Wildman–Crippen MR) is 108 cm³/mol. The lowest BCUT2D eigenvalue weighted by Gasteiger charge is -2.20. The van der Waals surface area contributed by atoms with Crippen LogP contribution in [-0.4, -0.2) is 29.9 Å². The van der Waals surface area contributed by atoms with E-state index in [4.69, 9.17) is 15.5 Å². The Kier molecular flexibility index (Phi) is 4.33. The molecule has 4 N–H and O–H groups in total. The average molecular weight is 361 g/mol. The van der Waals surface area contributed by atoms with Crippen LogP contribution in [0.4, 0.5) is 27.8 Å². The van der Waals surface area contributed by atoms with E-state index < -0.39 is 6.09 Å². The summed E-state index contributed by atoms with van der Waals surface area (Å²) in [4.78, 5) is 20.6. The topological polar surface area (TPSA) is 102 Å². The maximum absolute atomic E-state index is 11.6. The Bertz CT molecular complexity index is 1060. The number of hydrogen-bond acceptors (Lipinski definition) is 6. The number of carbonyl (C=O) groups excluding carboxylic acids is 1. The first-order valence-electron chi connectivity index (χ1n) is 8.69. The molecule has 0 fully saturated rings. The molecule has 0 unspecified atom stereocenters. The van der Waals surface area contributed by atoms with E-state index >= 15 is 0 Å². The van der Waals surface area contributed by atoms with E-state index in [1.807, 2.05) is 24.3 Å². The number of aromatic nitrogens is 1. The largest absolute Gasteiger partial charge is 0.450 e. The molecule has 2 heterocycles. The van der Waals surface area contributed by atoms with Crippen molar-refractivity contribution in [2.45, 2.75) is 6.92 Å². The zero-order valence-electron chi connectivity index (χ0n) is 14.8. The molecule has 136 valence electrons. The van der Waals surface area contributed by atoms with Crippen molar-refractivity contribution >= 4 is 45.6 Å². The average Bonchev–Trinajstić information content (AvgIpc) is 2.67. The Hall–Kier alpha value is -3.61. The van der Waals surface area contributed by atoms with Crippen molar-refractivity contribution in [3.05, 3.63) is 54.1 Å². The number of ether oxygens (including phenoxy) is 1. The van der Waals surface area contributed by atoms with E-state index in [0.717, 1.165) is 27.7 Å². The molecule has 7 heteroatoms. The molecule has 7 nitrogen and oxygen atoms in total. The standard InChI is InChI=1S/C20H19N5O2/c1-2-27-20(26)25-17-10-15-18(19(21)24-17)23-16(11-22-15)14-9-5-7-12-6-3-4-8-13(12)14/h3-10,22H,2,11H2,1H3,(H3,21,24,25,26). The molecule has 0 saturated heterocycles. The summed E-state index contributed by atoms with van der Waals surface area (Å²) in [7, 11) is 0. The summed E-state index contributed by atoms with van der Waals surface area (Å²) in [6.45, 7) is 2.56. The SMILES string of the molecule is CCOC(=O)Nc1cc2c(c(N)n1)N=C(c1cccc3ccccc13)CN2. The molecule has 2 aromatic carbocycles. The molecular weight excluding hydrogens is 342 g/mol. The number of nitrogen functional groups attached to an aromatic ring is 1. The lowest BCUT2D eigenvalue weighted by molar-refractivity contribution is 0.168. The number of carbonyl (C=O) groups is 1. The van der Waals surface area contributed by atoms with Crippen LogP contribution in [0.25, 0.3) is 10.8 Å². The Morgan fingerprint density at radius 2 is 2.07 bits per heavy atom. The number of pyridine rings is 1. The van der Waals surface area contributed by atoms with Crippen molar-refractivity contribution in [1.29, 1.82) is 0 Å². The van der Waals surface area contributed by atoms with Crippen molar-refractivity contribution < 1.29 is 9.53 Å². The van der Waals surface area contributed by atoms with Crippen LogP contribution in [0, 0.1) is 0 Å². The maximum Gasteiger partial charge on any atom is 0.412 e. The fourth-order valence-corrected chi connectivity index (χ4v) is 3.13. The van der Waals surface area contributed by atoms with Crippen LogP contribution in [0.15, 0.2) is 53.5 Å². The molecule has 0 saturated carbocycles. The first-order valence-corrected chi connectivity index (χ1v) is 8.69. The summed E-state index contributed by atoms with van der Waals surface area (Å²) in [6, 6.07) is 16.0. The molecule has 1 aromatic heterocycles. The minimum atomic E-state index is -0.569. The quantitative estimate of drug-likeness (QED) is 0.656. The monoisotopic (exact) mass is 361 g/mol. The number of aliphatic imine (C=N–C) groups is 1. The van der Waals surface area contributed by atoms with Gasteiger partial charge in [-0.1, -0.05) is 42.5 Å². The maximum atomic E-state index is 11.6. The minimum Gasteiger partial charge on any atom is -0.450 e. The van der Waals surface area contributed by atoms with Crippen LogP contribution in [-0.2, 0) is 4.74 Å². The number of rotatable bonds is 3. The molecule has 1 aliphatic heterocycles. The normalized spacial score (nSPS) is 12.7. The molecule has 0 atom stereocenters. The highest BCUT2D eigenvalue weighted by atomic mass is 16.5. The highest BCUT2D eigenvalue weighted by Gasteiger charge is 2.19. The van der Waals surface area contributed by atoms with Gasteiger partial charge in [0.2, 0.25) is 0 Å². The van der Waals surface area contributed by atoms with Crippen molar-refractivity contribution in [1.82, 2.24) is 4.98 Å². The van der Waals surface area contributed by atoms with Gasteiger partial charge in [0.25, 0.3) is 0 Å². The summed E-state index contributed by atoms with van der Waals surface area (Å²) < 4.78 is 4.87. The number of amides is 1. The van der Waals surface area contributed by atoms with Gasteiger partial charge in [-0.25, -0.2) is 14.8 Å². The van der Waals surface area contributed by atoms with Gasteiger partial charge in [0.05, 0.1) is 24.6 Å². The molecule has 0 aliphatic carbocycles. The van der Waals surface area contributed by atoms with Gasteiger partial charge in [-0.2, -0.15) is 0 Å². The first-order chi connectivity index (χ1) is 13.2. The number of fused-ring (bicyclic) bond motifs is 2. The molecule has 1 amide bonds. The van der Waals surface area contributed by atoms with Gasteiger partial charge in [-0.05, 0) is 17.7 Å². The van der Waals surface area contributed by atoms with Crippen molar-refractivity contribution in [3.63, 3.8) is 0 Å². The van der Waals surface area contributed by atoms with Gasteiger partial charge in [0, 0.05) is 11.6 Å². The molecule has 4 rings (SSSR count). The van der Waals surface area contributed by atoms with Gasteiger partial charge >= 0.3 is 6.09 Å². The van der Waals surface area contributed by atoms with Crippen LogP contribution in [0.5, 0.6) is 0 Å². The van der Waals surface area contributed by atoms with E-state index in [1.54, 1.807) is 13.0 Å². The van der Waals surface area contributed by atoms with Gasteiger partial charge in [0.15, 0.2) is 5.82 Å². The zero-order valence-corrected chi connectivity index (χ0v) is 14.8. The Balaban J connectivity index is 1.72. The van der Waals surface area contributed by atoms with Crippen LogP contribution in [0.3, 0.4) is 0 Å². The van der Waals surface area contributed by atoms with Crippen molar-refractivity contribution in [2.75, 3.05) is 29.5 Å². The van der Waals surface area contributed by atoms with E-state index in [2.05, 4.69) is 33.8 Å². The number of hydrogen-bond donors (Lipinski definition) is 3. The van der Waals surface area contributed by atoms with Crippen molar-refractivity contribution in [2.24, 2.45) is 4.99 Å². The van der Waals surface area contributed by atoms with Crippen LogP contribution in [0.1, 0.15) is 12.5 Å². The van der Waals surface area contributed by atoms with E-state index in [-0.39, 0.29) is 12.4 Å².